The smallest absolute Gasteiger partial charge is 0.252 e. The molecule has 2 aliphatic rings. The minimum absolute atomic E-state index is 0.0163. The molecule has 2 fully saturated rings. The van der Waals surface area contributed by atoms with Gasteiger partial charge in [0.2, 0.25) is 10.0 Å². The Morgan fingerprint density at radius 1 is 0.929 bits per heavy atom. The number of hydrogen-bond acceptors (Lipinski definition) is 3. The van der Waals surface area contributed by atoms with E-state index in [4.69, 9.17) is 0 Å². The van der Waals surface area contributed by atoms with Crippen LogP contribution in [0.5, 0.6) is 0 Å². The van der Waals surface area contributed by atoms with Gasteiger partial charge in [-0.3, -0.25) is 4.79 Å². The molecule has 148 valence electrons. The monoisotopic (exact) mass is 398 g/mol. The van der Waals surface area contributed by atoms with Crippen molar-refractivity contribution in [2.24, 2.45) is 0 Å². The van der Waals surface area contributed by atoms with Gasteiger partial charge in [0.25, 0.3) is 5.91 Å². The van der Waals surface area contributed by atoms with Crippen LogP contribution in [0.25, 0.3) is 0 Å². The molecule has 4 rings (SSSR count). The van der Waals surface area contributed by atoms with Crippen LogP contribution < -0.4 is 5.32 Å². The number of amides is 1. The minimum atomic E-state index is -3.66. The van der Waals surface area contributed by atoms with Crippen LogP contribution in [0.15, 0.2) is 59.5 Å². The number of carbonyl (C=O) groups excluding carboxylic acids is 1. The zero-order chi connectivity index (χ0) is 19.6. The summed E-state index contributed by atoms with van der Waals surface area (Å²) in [6.45, 7) is 1.57. The van der Waals surface area contributed by atoms with E-state index in [1.165, 1.54) is 9.87 Å². The Morgan fingerprint density at radius 3 is 2.25 bits per heavy atom. The lowest BCUT2D eigenvalue weighted by molar-refractivity contribution is 0.0946. The van der Waals surface area contributed by atoms with E-state index in [-0.39, 0.29) is 21.8 Å². The predicted octanol–water partition coefficient (Wildman–Crippen LogP) is 3.32. The predicted molar refractivity (Wildman–Crippen MR) is 109 cm³/mol. The third kappa shape index (κ3) is 3.71. The number of nitrogens with zero attached hydrogens (tertiary/aromatic N) is 1. The fourth-order valence-electron chi connectivity index (χ4n) is 3.98. The van der Waals surface area contributed by atoms with Crippen LogP contribution in [0, 0.1) is 0 Å². The molecule has 1 amide bonds. The van der Waals surface area contributed by atoms with E-state index in [0.29, 0.717) is 19.6 Å². The Kier molecular flexibility index (Phi) is 5.25. The summed E-state index contributed by atoms with van der Waals surface area (Å²) in [4.78, 5) is 13.0. The average Bonchev–Trinajstić information content (AvgIpc) is 3.54. The van der Waals surface area contributed by atoms with E-state index < -0.39 is 10.0 Å². The first kappa shape index (κ1) is 19.2. The maximum absolute atomic E-state index is 13.1. The molecule has 0 radical (unpaired) electrons. The normalized spacial score (nSPS) is 19.1. The van der Waals surface area contributed by atoms with Crippen molar-refractivity contribution in [2.75, 3.05) is 19.6 Å². The zero-order valence-electron chi connectivity index (χ0n) is 15.9. The van der Waals surface area contributed by atoms with Crippen molar-refractivity contribution in [3.63, 3.8) is 0 Å². The Hall–Kier alpha value is -2.18. The number of hydrogen-bond donors (Lipinski definition) is 1. The molecular formula is C22H26N2O3S. The van der Waals surface area contributed by atoms with Gasteiger partial charge in [-0.25, -0.2) is 8.42 Å². The number of carbonyl (C=O) groups is 1. The van der Waals surface area contributed by atoms with E-state index in [1.807, 2.05) is 18.2 Å². The summed E-state index contributed by atoms with van der Waals surface area (Å²) in [6.07, 6.45) is 4.85. The second kappa shape index (κ2) is 7.68. The van der Waals surface area contributed by atoms with Crippen molar-refractivity contribution < 1.29 is 13.2 Å². The van der Waals surface area contributed by atoms with Gasteiger partial charge >= 0.3 is 0 Å². The second-order valence-electron chi connectivity index (χ2n) is 7.79. The highest BCUT2D eigenvalue weighted by molar-refractivity contribution is 7.89. The molecule has 0 atom stereocenters. The molecule has 1 aliphatic carbocycles. The Labute approximate surface area is 166 Å². The maximum atomic E-state index is 13.1. The van der Waals surface area contributed by atoms with Crippen molar-refractivity contribution in [3.8, 4) is 0 Å². The first-order chi connectivity index (χ1) is 13.5. The van der Waals surface area contributed by atoms with Gasteiger partial charge in [-0.1, -0.05) is 48.9 Å². The summed E-state index contributed by atoms with van der Waals surface area (Å²) in [5, 5.41) is 2.99. The Morgan fingerprint density at radius 2 is 1.57 bits per heavy atom. The molecule has 28 heavy (non-hydrogen) atoms. The lowest BCUT2D eigenvalue weighted by Crippen LogP contribution is -2.38. The van der Waals surface area contributed by atoms with Crippen LogP contribution in [0.1, 0.15) is 48.0 Å². The van der Waals surface area contributed by atoms with Gasteiger partial charge in [0, 0.05) is 25.0 Å². The molecule has 0 unspecified atom stereocenters. The zero-order valence-corrected chi connectivity index (χ0v) is 16.7. The van der Waals surface area contributed by atoms with Crippen LogP contribution >= 0.6 is 0 Å². The summed E-state index contributed by atoms with van der Waals surface area (Å²) >= 11 is 0. The third-order valence-electron chi connectivity index (χ3n) is 5.89. The molecule has 1 saturated carbocycles. The largest absolute Gasteiger partial charge is 0.351 e. The molecule has 2 aromatic carbocycles. The summed E-state index contributed by atoms with van der Waals surface area (Å²) in [6, 6.07) is 16.7. The second-order valence-corrected chi connectivity index (χ2v) is 9.70. The van der Waals surface area contributed by atoms with Gasteiger partial charge < -0.3 is 5.32 Å². The van der Waals surface area contributed by atoms with E-state index in [0.717, 1.165) is 32.1 Å². The lowest BCUT2D eigenvalue weighted by Gasteiger charge is -2.26. The van der Waals surface area contributed by atoms with Crippen LogP contribution in [-0.4, -0.2) is 38.3 Å². The fourth-order valence-corrected chi connectivity index (χ4v) is 5.68. The van der Waals surface area contributed by atoms with Crippen molar-refractivity contribution in [1.29, 1.82) is 0 Å². The fraction of sp³-hybridized carbons (Fsp3) is 0.409. The van der Waals surface area contributed by atoms with Gasteiger partial charge in [-0.2, -0.15) is 4.31 Å². The van der Waals surface area contributed by atoms with E-state index in [1.54, 1.807) is 24.3 Å². The molecule has 1 saturated heterocycles. The highest BCUT2D eigenvalue weighted by Crippen LogP contribution is 2.47. The summed E-state index contributed by atoms with van der Waals surface area (Å²) in [5.74, 6) is -0.321. The lowest BCUT2D eigenvalue weighted by atomic mass is 9.96. The summed E-state index contributed by atoms with van der Waals surface area (Å²) in [5.41, 5.74) is 1.44. The van der Waals surface area contributed by atoms with Gasteiger partial charge in [0.05, 0.1) is 10.5 Å². The number of rotatable bonds is 6. The average molecular weight is 399 g/mol. The molecule has 1 aliphatic heterocycles. The van der Waals surface area contributed by atoms with Crippen LogP contribution in [0.4, 0.5) is 0 Å². The molecule has 5 nitrogen and oxygen atoms in total. The first-order valence-corrected chi connectivity index (χ1v) is 11.4. The highest BCUT2D eigenvalue weighted by Gasteiger charge is 2.44. The minimum Gasteiger partial charge on any atom is -0.351 e. The summed E-state index contributed by atoms with van der Waals surface area (Å²) in [7, 11) is -3.66. The number of benzene rings is 2. The van der Waals surface area contributed by atoms with Crippen molar-refractivity contribution in [1.82, 2.24) is 9.62 Å². The van der Waals surface area contributed by atoms with E-state index >= 15 is 0 Å². The highest BCUT2D eigenvalue weighted by atomic mass is 32.2. The van der Waals surface area contributed by atoms with Crippen molar-refractivity contribution in [2.45, 2.75) is 42.4 Å². The van der Waals surface area contributed by atoms with Crippen molar-refractivity contribution >= 4 is 15.9 Å². The quantitative estimate of drug-likeness (QED) is 0.812. The SMILES string of the molecule is O=C(NCC1(c2ccccc2)CC1)c1ccccc1S(=O)(=O)N1CCCCC1. The van der Waals surface area contributed by atoms with Crippen LogP contribution in [0.2, 0.25) is 0 Å². The van der Waals surface area contributed by atoms with Gasteiger partial charge in [0.1, 0.15) is 0 Å². The van der Waals surface area contributed by atoms with Gasteiger partial charge in [-0.15, -0.1) is 0 Å². The molecule has 6 heteroatoms. The molecule has 1 N–H and O–H groups in total. The van der Waals surface area contributed by atoms with Gasteiger partial charge in [-0.05, 0) is 43.4 Å². The first-order valence-electron chi connectivity index (χ1n) is 9.96. The molecule has 0 spiro atoms. The molecule has 1 heterocycles. The molecule has 0 aromatic heterocycles. The Balaban J connectivity index is 1.53. The standard InChI is InChI=1S/C22H26N2O3S/c25-21(23-17-22(13-14-22)18-9-3-1-4-10-18)19-11-5-6-12-20(19)28(26,27)24-15-7-2-8-16-24/h1,3-6,9-12H,2,7-8,13-17H2,(H,23,25). The van der Waals surface area contributed by atoms with Crippen LogP contribution in [0.3, 0.4) is 0 Å². The maximum Gasteiger partial charge on any atom is 0.252 e. The number of piperidine rings is 1. The van der Waals surface area contributed by atoms with Crippen LogP contribution in [-0.2, 0) is 15.4 Å². The number of sulfonamides is 1. The molecule has 2 aromatic rings. The molecule has 0 bridgehead atoms. The Bertz CT molecular complexity index is 947. The van der Waals surface area contributed by atoms with Gasteiger partial charge in [0.15, 0.2) is 0 Å². The third-order valence-corrected chi connectivity index (χ3v) is 7.85. The topological polar surface area (TPSA) is 66.5 Å². The number of nitrogens with one attached hydrogen (secondary N) is 1. The van der Waals surface area contributed by atoms with E-state index in [2.05, 4.69) is 17.4 Å². The summed E-state index contributed by atoms with van der Waals surface area (Å²) < 4.78 is 27.7. The van der Waals surface area contributed by atoms with E-state index in [9.17, 15) is 13.2 Å². The molecular weight excluding hydrogens is 372 g/mol. The van der Waals surface area contributed by atoms with Crippen molar-refractivity contribution in [3.05, 3.63) is 65.7 Å².